The van der Waals surface area contributed by atoms with Gasteiger partial charge in [-0.05, 0) is 13.2 Å². The van der Waals surface area contributed by atoms with E-state index in [1.54, 1.807) is 11.8 Å². The van der Waals surface area contributed by atoms with Crippen molar-refractivity contribution in [2.75, 3.05) is 25.1 Å². The normalized spacial score (nSPS) is 11.8. The van der Waals surface area contributed by atoms with E-state index in [1.807, 2.05) is 13.2 Å². The van der Waals surface area contributed by atoms with Crippen LogP contribution in [0.2, 0.25) is 0 Å². The summed E-state index contributed by atoms with van der Waals surface area (Å²) in [5, 5.41) is 5.71. The standard InChI is InChI=1S/C9H16N2OS/c1-4-5-11-9(12)8(2)10-6-7-13-3/h1,8,10H,5-7H2,2-3H3,(H,11,12). The summed E-state index contributed by atoms with van der Waals surface area (Å²) in [5.41, 5.74) is 0. The van der Waals surface area contributed by atoms with E-state index in [1.165, 1.54) is 0 Å². The summed E-state index contributed by atoms with van der Waals surface area (Å²) in [6.07, 6.45) is 7.04. The third-order valence-corrected chi connectivity index (χ3v) is 2.13. The topological polar surface area (TPSA) is 41.1 Å². The summed E-state index contributed by atoms with van der Waals surface area (Å²) in [4.78, 5) is 11.2. The molecule has 1 atom stereocenters. The number of thioether (sulfide) groups is 1. The van der Waals surface area contributed by atoms with E-state index in [4.69, 9.17) is 6.42 Å². The van der Waals surface area contributed by atoms with Gasteiger partial charge in [0.15, 0.2) is 0 Å². The molecule has 0 aromatic rings. The molecule has 0 aromatic carbocycles. The van der Waals surface area contributed by atoms with E-state index in [-0.39, 0.29) is 11.9 Å². The van der Waals surface area contributed by atoms with E-state index in [9.17, 15) is 4.79 Å². The minimum absolute atomic E-state index is 0.0425. The molecule has 0 aromatic heterocycles. The van der Waals surface area contributed by atoms with Gasteiger partial charge in [0.1, 0.15) is 0 Å². The summed E-state index contributed by atoms with van der Waals surface area (Å²) >= 11 is 1.75. The molecule has 0 spiro atoms. The lowest BCUT2D eigenvalue weighted by Crippen LogP contribution is -2.43. The van der Waals surface area contributed by atoms with Gasteiger partial charge in [0.2, 0.25) is 5.91 Å². The van der Waals surface area contributed by atoms with Crippen molar-refractivity contribution in [1.82, 2.24) is 10.6 Å². The van der Waals surface area contributed by atoms with Crippen molar-refractivity contribution in [2.45, 2.75) is 13.0 Å². The summed E-state index contributed by atoms with van der Waals surface area (Å²) in [7, 11) is 0. The molecule has 0 bridgehead atoms. The van der Waals surface area contributed by atoms with Crippen molar-refractivity contribution in [3.63, 3.8) is 0 Å². The number of rotatable bonds is 6. The minimum atomic E-state index is -0.166. The average molecular weight is 200 g/mol. The van der Waals surface area contributed by atoms with E-state index >= 15 is 0 Å². The highest BCUT2D eigenvalue weighted by Gasteiger charge is 2.09. The zero-order valence-corrected chi connectivity index (χ0v) is 8.91. The quantitative estimate of drug-likeness (QED) is 0.471. The fourth-order valence-corrected chi connectivity index (χ4v) is 1.08. The fourth-order valence-electron chi connectivity index (χ4n) is 0.761. The largest absolute Gasteiger partial charge is 0.344 e. The van der Waals surface area contributed by atoms with Crippen LogP contribution in [0.1, 0.15) is 6.92 Å². The number of hydrogen-bond acceptors (Lipinski definition) is 3. The number of carbonyl (C=O) groups is 1. The molecule has 1 amide bonds. The molecule has 0 fully saturated rings. The van der Waals surface area contributed by atoms with Gasteiger partial charge in [-0.2, -0.15) is 11.8 Å². The summed E-state index contributed by atoms with van der Waals surface area (Å²) < 4.78 is 0. The van der Waals surface area contributed by atoms with Crippen LogP contribution in [0.15, 0.2) is 0 Å². The first-order valence-corrected chi connectivity index (χ1v) is 5.55. The second-order valence-electron chi connectivity index (χ2n) is 2.59. The molecule has 0 saturated heterocycles. The number of terminal acetylenes is 1. The Morgan fingerprint density at radius 3 is 2.92 bits per heavy atom. The molecule has 13 heavy (non-hydrogen) atoms. The Morgan fingerprint density at radius 2 is 2.38 bits per heavy atom. The maximum Gasteiger partial charge on any atom is 0.237 e. The highest BCUT2D eigenvalue weighted by atomic mass is 32.2. The van der Waals surface area contributed by atoms with Gasteiger partial charge in [-0.15, -0.1) is 6.42 Å². The molecular formula is C9H16N2OS. The maximum absolute atomic E-state index is 11.2. The molecule has 0 aliphatic heterocycles. The van der Waals surface area contributed by atoms with Crippen molar-refractivity contribution < 1.29 is 4.79 Å². The van der Waals surface area contributed by atoms with E-state index in [0.29, 0.717) is 6.54 Å². The summed E-state index contributed by atoms with van der Waals surface area (Å²) in [6.45, 7) is 2.96. The van der Waals surface area contributed by atoms with Crippen LogP contribution in [0.5, 0.6) is 0 Å². The third kappa shape index (κ3) is 6.50. The predicted molar refractivity (Wildman–Crippen MR) is 57.7 cm³/mol. The van der Waals surface area contributed by atoms with Gasteiger partial charge in [-0.3, -0.25) is 4.79 Å². The molecule has 0 saturated carbocycles. The van der Waals surface area contributed by atoms with Crippen LogP contribution in [-0.2, 0) is 4.79 Å². The molecule has 0 radical (unpaired) electrons. The first-order chi connectivity index (χ1) is 6.22. The van der Waals surface area contributed by atoms with Gasteiger partial charge >= 0.3 is 0 Å². The van der Waals surface area contributed by atoms with Crippen LogP contribution < -0.4 is 10.6 Å². The number of carbonyl (C=O) groups excluding carboxylic acids is 1. The Kier molecular flexibility index (Phi) is 7.56. The molecule has 2 N–H and O–H groups in total. The van der Waals surface area contributed by atoms with Crippen molar-refractivity contribution in [3.8, 4) is 12.3 Å². The highest BCUT2D eigenvalue weighted by Crippen LogP contribution is 1.89. The van der Waals surface area contributed by atoms with Crippen LogP contribution in [0.25, 0.3) is 0 Å². The highest BCUT2D eigenvalue weighted by molar-refractivity contribution is 7.98. The van der Waals surface area contributed by atoms with E-state index in [2.05, 4.69) is 16.6 Å². The van der Waals surface area contributed by atoms with Gasteiger partial charge in [0.05, 0.1) is 12.6 Å². The Labute approximate surface area is 84.0 Å². The first-order valence-electron chi connectivity index (χ1n) is 4.16. The Balaban J connectivity index is 3.52. The molecule has 0 rings (SSSR count). The zero-order chi connectivity index (χ0) is 10.1. The molecule has 4 heteroatoms. The van der Waals surface area contributed by atoms with Crippen LogP contribution in [0.3, 0.4) is 0 Å². The lowest BCUT2D eigenvalue weighted by atomic mass is 10.3. The lowest BCUT2D eigenvalue weighted by Gasteiger charge is -2.11. The van der Waals surface area contributed by atoms with Crippen LogP contribution >= 0.6 is 11.8 Å². The smallest absolute Gasteiger partial charge is 0.237 e. The van der Waals surface area contributed by atoms with Crippen LogP contribution in [-0.4, -0.2) is 37.0 Å². The number of nitrogens with one attached hydrogen (secondary N) is 2. The SMILES string of the molecule is C#CCNC(=O)C(C)NCCSC. The maximum atomic E-state index is 11.2. The van der Waals surface area contributed by atoms with E-state index in [0.717, 1.165) is 12.3 Å². The van der Waals surface area contributed by atoms with Crippen molar-refractivity contribution in [3.05, 3.63) is 0 Å². The van der Waals surface area contributed by atoms with Gasteiger partial charge in [-0.25, -0.2) is 0 Å². The lowest BCUT2D eigenvalue weighted by molar-refractivity contribution is -0.122. The van der Waals surface area contributed by atoms with Crippen molar-refractivity contribution in [1.29, 1.82) is 0 Å². The van der Waals surface area contributed by atoms with Gasteiger partial charge in [-0.1, -0.05) is 5.92 Å². The Hall–Kier alpha value is -0.660. The summed E-state index contributed by atoms with van der Waals surface area (Å²) in [5.74, 6) is 3.32. The second-order valence-corrected chi connectivity index (χ2v) is 3.58. The molecule has 0 aliphatic carbocycles. The monoisotopic (exact) mass is 200 g/mol. The predicted octanol–water partition coefficient (Wildman–Crippen LogP) is 0.0769. The molecule has 0 heterocycles. The molecule has 74 valence electrons. The number of amides is 1. The molecular weight excluding hydrogens is 184 g/mol. The van der Waals surface area contributed by atoms with Crippen LogP contribution in [0.4, 0.5) is 0 Å². The first kappa shape index (κ1) is 12.3. The minimum Gasteiger partial charge on any atom is -0.344 e. The van der Waals surface area contributed by atoms with Gasteiger partial charge < -0.3 is 10.6 Å². The Bertz CT molecular complexity index is 189. The van der Waals surface area contributed by atoms with Crippen LogP contribution in [0, 0.1) is 12.3 Å². The van der Waals surface area contributed by atoms with E-state index < -0.39 is 0 Å². The molecule has 3 nitrogen and oxygen atoms in total. The van der Waals surface area contributed by atoms with Crippen molar-refractivity contribution >= 4 is 17.7 Å². The van der Waals surface area contributed by atoms with Crippen molar-refractivity contribution in [2.24, 2.45) is 0 Å². The van der Waals surface area contributed by atoms with Gasteiger partial charge in [0, 0.05) is 12.3 Å². The molecule has 1 unspecified atom stereocenters. The average Bonchev–Trinajstić information content (AvgIpc) is 2.14. The van der Waals surface area contributed by atoms with Gasteiger partial charge in [0.25, 0.3) is 0 Å². The third-order valence-electron chi connectivity index (χ3n) is 1.51. The molecule has 0 aliphatic rings. The summed E-state index contributed by atoms with van der Waals surface area (Å²) in [6, 6.07) is -0.166. The second kappa shape index (κ2) is 7.96. The Morgan fingerprint density at radius 1 is 1.69 bits per heavy atom. The zero-order valence-electron chi connectivity index (χ0n) is 8.09. The fraction of sp³-hybridized carbons (Fsp3) is 0.667. The number of hydrogen-bond donors (Lipinski definition) is 2.